The third-order valence-corrected chi connectivity index (χ3v) is 6.57. The molecular formula is C27H36BN3O7. The van der Waals surface area contributed by atoms with Crippen LogP contribution in [0, 0.1) is 0 Å². The van der Waals surface area contributed by atoms with E-state index in [9.17, 15) is 24.4 Å². The van der Waals surface area contributed by atoms with Crippen LogP contribution >= 0.6 is 0 Å². The summed E-state index contributed by atoms with van der Waals surface area (Å²) in [6.45, 7) is 0.995. The number of imide groups is 1. The van der Waals surface area contributed by atoms with Crippen molar-refractivity contribution in [2.75, 3.05) is 20.3 Å². The molecule has 3 atom stereocenters. The molecule has 0 unspecified atom stereocenters. The molecule has 0 aliphatic carbocycles. The van der Waals surface area contributed by atoms with Crippen LogP contribution in [0.25, 0.3) is 0 Å². The zero-order valence-electron chi connectivity index (χ0n) is 21.6. The summed E-state index contributed by atoms with van der Waals surface area (Å²) in [5.41, 5.74) is 1.60. The zero-order chi connectivity index (χ0) is 27.3. The van der Waals surface area contributed by atoms with Crippen molar-refractivity contribution in [3.63, 3.8) is 0 Å². The second-order valence-electron chi connectivity index (χ2n) is 9.31. The molecular weight excluding hydrogens is 489 g/mol. The number of nitrogens with zero attached hydrogens (tertiary/aromatic N) is 1. The van der Waals surface area contributed by atoms with Crippen LogP contribution in [0.4, 0.5) is 4.79 Å². The molecule has 204 valence electrons. The van der Waals surface area contributed by atoms with Gasteiger partial charge in [0.2, 0.25) is 11.8 Å². The fraction of sp³-hybridized carbons (Fsp3) is 0.444. The second-order valence-corrected chi connectivity index (χ2v) is 9.31. The van der Waals surface area contributed by atoms with Crippen LogP contribution in [-0.4, -0.2) is 78.3 Å². The van der Waals surface area contributed by atoms with Gasteiger partial charge in [0, 0.05) is 26.1 Å². The molecule has 0 radical (unpaired) electrons. The predicted molar refractivity (Wildman–Crippen MR) is 142 cm³/mol. The molecule has 38 heavy (non-hydrogen) atoms. The summed E-state index contributed by atoms with van der Waals surface area (Å²) in [5, 5.41) is 24.9. The molecule has 0 saturated carbocycles. The van der Waals surface area contributed by atoms with Gasteiger partial charge in [0.15, 0.2) is 0 Å². The number of carbonyl (C=O) groups excluding carboxylic acids is 3. The van der Waals surface area contributed by atoms with Crippen LogP contribution in [0.1, 0.15) is 36.8 Å². The number of rotatable bonds is 13. The number of hydrogen-bond donors (Lipinski definition) is 4. The molecule has 1 saturated heterocycles. The highest BCUT2D eigenvalue weighted by Crippen LogP contribution is 2.23. The molecule has 10 nitrogen and oxygen atoms in total. The number of alkyl carbamates (subject to hydrolysis) is 1. The summed E-state index contributed by atoms with van der Waals surface area (Å²) in [6.07, 6.45) is 1.55. The molecule has 4 N–H and O–H groups in total. The first kappa shape index (κ1) is 29.3. The number of benzene rings is 2. The summed E-state index contributed by atoms with van der Waals surface area (Å²) in [7, 11) is -0.0674. The highest BCUT2D eigenvalue weighted by atomic mass is 16.5. The van der Waals surface area contributed by atoms with Gasteiger partial charge < -0.3 is 24.8 Å². The maximum Gasteiger partial charge on any atom is 0.469 e. The number of carbonyl (C=O) groups is 3. The van der Waals surface area contributed by atoms with Gasteiger partial charge in [-0.1, -0.05) is 60.7 Å². The van der Waals surface area contributed by atoms with Gasteiger partial charge in [0.05, 0.1) is 6.04 Å². The molecule has 1 aliphatic rings. The second kappa shape index (κ2) is 15.2. The van der Waals surface area contributed by atoms with E-state index in [1.165, 1.54) is 0 Å². The highest BCUT2D eigenvalue weighted by molar-refractivity contribution is 6.43. The molecule has 3 rings (SSSR count). The Morgan fingerprint density at radius 2 is 1.71 bits per heavy atom. The summed E-state index contributed by atoms with van der Waals surface area (Å²) < 4.78 is 10.3. The van der Waals surface area contributed by atoms with Crippen molar-refractivity contribution >= 4 is 25.0 Å². The minimum absolute atomic E-state index is 0.0380. The molecule has 1 heterocycles. The lowest BCUT2D eigenvalue weighted by Crippen LogP contribution is -2.56. The van der Waals surface area contributed by atoms with Gasteiger partial charge in [-0.2, -0.15) is 0 Å². The largest absolute Gasteiger partial charge is 0.469 e. The number of ether oxygens (including phenoxy) is 2. The Morgan fingerprint density at radius 1 is 1.05 bits per heavy atom. The van der Waals surface area contributed by atoms with Crippen LogP contribution in [-0.2, 0) is 32.1 Å². The van der Waals surface area contributed by atoms with Crippen molar-refractivity contribution in [1.29, 1.82) is 0 Å². The summed E-state index contributed by atoms with van der Waals surface area (Å²) >= 11 is 0. The Bertz CT molecular complexity index is 1030. The van der Waals surface area contributed by atoms with Gasteiger partial charge in [0.25, 0.3) is 0 Å². The van der Waals surface area contributed by atoms with E-state index in [1.807, 2.05) is 60.7 Å². The molecule has 3 amide bonds. The van der Waals surface area contributed by atoms with Gasteiger partial charge in [-0.25, -0.2) is 4.79 Å². The van der Waals surface area contributed by atoms with E-state index in [0.29, 0.717) is 38.8 Å². The number of methoxy groups -OCH3 is 1. The Kier molecular flexibility index (Phi) is 11.8. The Balaban J connectivity index is 1.65. The molecule has 0 spiro atoms. The number of likely N-dealkylation sites (tertiary alicyclic amines) is 1. The fourth-order valence-electron chi connectivity index (χ4n) is 4.65. The van der Waals surface area contributed by atoms with Crippen LogP contribution in [0.2, 0.25) is 0 Å². The minimum atomic E-state index is -1.64. The van der Waals surface area contributed by atoms with Crippen molar-refractivity contribution in [1.82, 2.24) is 15.5 Å². The first-order valence-corrected chi connectivity index (χ1v) is 12.9. The Hall–Kier alpha value is -3.25. The predicted octanol–water partition coefficient (Wildman–Crippen LogP) is 1.44. The lowest BCUT2D eigenvalue weighted by atomic mass is 9.75. The average Bonchev–Trinajstić information content (AvgIpc) is 3.40. The summed E-state index contributed by atoms with van der Waals surface area (Å²) in [6, 6.07) is 16.5. The summed E-state index contributed by atoms with van der Waals surface area (Å²) in [5.74, 6) is -1.87. The number of amides is 3. The van der Waals surface area contributed by atoms with Gasteiger partial charge in [-0.15, -0.1) is 0 Å². The topological polar surface area (TPSA) is 137 Å². The van der Waals surface area contributed by atoms with Gasteiger partial charge in [-0.05, 0) is 43.4 Å². The molecule has 1 fully saturated rings. The van der Waals surface area contributed by atoms with Gasteiger partial charge in [0.1, 0.15) is 12.6 Å². The van der Waals surface area contributed by atoms with Crippen molar-refractivity contribution < 1.29 is 33.9 Å². The third-order valence-electron chi connectivity index (χ3n) is 6.57. The lowest BCUT2D eigenvalue weighted by molar-refractivity contribution is -0.134. The molecule has 1 aliphatic heterocycles. The highest BCUT2D eigenvalue weighted by Gasteiger charge is 2.40. The first-order chi connectivity index (χ1) is 18.4. The van der Waals surface area contributed by atoms with E-state index in [1.54, 1.807) is 12.0 Å². The fourth-order valence-corrected chi connectivity index (χ4v) is 4.65. The van der Waals surface area contributed by atoms with Gasteiger partial charge >= 0.3 is 13.2 Å². The average molecular weight is 525 g/mol. The van der Waals surface area contributed by atoms with Crippen molar-refractivity contribution in [2.45, 2.75) is 56.7 Å². The van der Waals surface area contributed by atoms with Crippen LogP contribution in [0.3, 0.4) is 0 Å². The van der Waals surface area contributed by atoms with Crippen molar-refractivity contribution in [2.24, 2.45) is 0 Å². The minimum Gasteiger partial charge on any atom is -0.445 e. The Morgan fingerprint density at radius 3 is 2.34 bits per heavy atom. The quantitative estimate of drug-likeness (QED) is 0.228. The van der Waals surface area contributed by atoms with Crippen molar-refractivity contribution in [3.8, 4) is 0 Å². The Labute approximate surface area is 223 Å². The normalized spacial score (nSPS) is 16.9. The monoisotopic (exact) mass is 525 g/mol. The standard InChI is InChI=1S/C27H36BN3O7/c1-37-17-9-15-24(28(35)36)31-16-8-14-23(31)26(33)30-25(32)22(18-20-10-4-2-5-11-20)29-27(34)38-19-21-12-6-3-7-13-21/h2-7,10-13,22-24,35-36H,8-9,14-19H2,1H3,(H,29,34)(H,30,32,33)/t22-,23+,24+/m1/s1. The zero-order valence-corrected chi connectivity index (χ0v) is 21.6. The van der Waals surface area contributed by atoms with Crippen LogP contribution in [0.5, 0.6) is 0 Å². The third kappa shape index (κ3) is 8.95. The van der Waals surface area contributed by atoms with Crippen molar-refractivity contribution in [3.05, 3.63) is 71.8 Å². The lowest BCUT2D eigenvalue weighted by Gasteiger charge is -2.32. The number of hydrogen-bond acceptors (Lipinski definition) is 8. The van der Waals surface area contributed by atoms with E-state index in [0.717, 1.165) is 11.1 Å². The maximum absolute atomic E-state index is 13.2. The van der Waals surface area contributed by atoms with E-state index in [4.69, 9.17) is 9.47 Å². The molecule has 0 bridgehead atoms. The van der Waals surface area contributed by atoms with Gasteiger partial charge in [-0.3, -0.25) is 19.8 Å². The summed E-state index contributed by atoms with van der Waals surface area (Å²) in [4.78, 5) is 40.6. The van der Waals surface area contributed by atoms with E-state index < -0.39 is 43.1 Å². The molecule has 11 heteroatoms. The first-order valence-electron chi connectivity index (χ1n) is 12.9. The van der Waals surface area contributed by atoms with E-state index >= 15 is 0 Å². The molecule has 2 aromatic carbocycles. The smallest absolute Gasteiger partial charge is 0.445 e. The van der Waals surface area contributed by atoms with Crippen LogP contribution in [0.15, 0.2) is 60.7 Å². The SMILES string of the molecule is COCCC[C@@H](B(O)O)N1CCC[C@H]1C(=O)NC(=O)[C@@H](Cc1ccccc1)NC(=O)OCc1ccccc1. The van der Waals surface area contributed by atoms with E-state index in [2.05, 4.69) is 10.6 Å². The van der Waals surface area contributed by atoms with E-state index in [-0.39, 0.29) is 13.0 Å². The number of nitrogens with one attached hydrogen (secondary N) is 2. The molecule has 0 aromatic heterocycles. The molecule has 2 aromatic rings. The maximum atomic E-state index is 13.2. The van der Waals surface area contributed by atoms with Crippen LogP contribution < -0.4 is 10.6 Å².